The predicted molar refractivity (Wildman–Crippen MR) is 261 cm³/mol. The number of anilines is 3. The van der Waals surface area contributed by atoms with E-state index in [9.17, 15) is 0 Å². The summed E-state index contributed by atoms with van der Waals surface area (Å²) in [7, 11) is 0. The zero-order valence-electron chi connectivity index (χ0n) is 35.1. The van der Waals surface area contributed by atoms with Crippen molar-refractivity contribution in [3.63, 3.8) is 0 Å². The Kier molecular flexibility index (Phi) is 8.17. The second-order valence-electron chi connectivity index (χ2n) is 17.3. The molecule has 1 spiro atoms. The number of nitrogens with zero attached hydrogens (tertiary/aromatic N) is 2. The van der Waals surface area contributed by atoms with Gasteiger partial charge in [0, 0.05) is 46.4 Å². The highest BCUT2D eigenvalue weighted by Gasteiger charge is 2.52. The molecule has 0 N–H and O–H groups in total. The lowest BCUT2D eigenvalue weighted by Crippen LogP contribution is -2.32. The molecule has 0 amide bonds. The van der Waals surface area contributed by atoms with E-state index in [1.807, 2.05) is 12.4 Å². The maximum Gasteiger partial charge on any atom is 0.132 e. The first kappa shape index (κ1) is 36.6. The molecule has 4 aliphatic rings. The Morgan fingerprint density at radius 2 is 1.00 bits per heavy atom. The smallest absolute Gasteiger partial charge is 0.132 e. The van der Waals surface area contributed by atoms with Crippen molar-refractivity contribution in [3.05, 3.63) is 281 Å². The number of ether oxygens (including phenoxy) is 1. The molecule has 0 aromatic heterocycles. The van der Waals surface area contributed by atoms with Gasteiger partial charge in [-0.2, -0.15) is 0 Å². The molecule has 3 heteroatoms. The van der Waals surface area contributed by atoms with Crippen LogP contribution in [0, 0.1) is 0 Å². The van der Waals surface area contributed by atoms with E-state index in [0.29, 0.717) is 0 Å². The lowest BCUT2D eigenvalue weighted by Gasteiger charge is -2.39. The predicted octanol–water partition coefficient (Wildman–Crippen LogP) is 15.1. The van der Waals surface area contributed by atoms with E-state index in [1.54, 1.807) is 0 Å². The quantitative estimate of drug-likeness (QED) is 0.167. The van der Waals surface area contributed by atoms with Crippen molar-refractivity contribution in [3.8, 4) is 33.8 Å². The Labute approximate surface area is 373 Å². The highest BCUT2D eigenvalue weighted by atomic mass is 16.5. The van der Waals surface area contributed by atoms with Crippen LogP contribution in [0.5, 0.6) is 11.5 Å². The largest absolute Gasteiger partial charge is 0.457 e. The number of hydrogen-bond donors (Lipinski definition) is 0. The molecule has 0 saturated heterocycles. The summed E-state index contributed by atoms with van der Waals surface area (Å²) in [5.41, 5.74) is 18.5. The van der Waals surface area contributed by atoms with E-state index in [0.717, 1.165) is 46.1 Å². The van der Waals surface area contributed by atoms with Gasteiger partial charge >= 0.3 is 0 Å². The minimum absolute atomic E-state index is 0.279. The maximum absolute atomic E-state index is 6.67. The summed E-state index contributed by atoms with van der Waals surface area (Å²) < 4.78 is 6.67. The maximum atomic E-state index is 6.67. The molecule has 2 atom stereocenters. The molecule has 0 saturated carbocycles. The highest BCUT2D eigenvalue weighted by molar-refractivity contribution is 5.98. The molecule has 13 rings (SSSR count). The van der Waals surface area contributed by atoms with Gasteiger partial charge < -0.3 is 9.64 Å². The third-order valence-corrected chi connectivity index (χ3v) is 14.2. The number of fused-ring (bicyclic) bond motifs is 12. The van der Waals surface area contributed by atoms with Crippen molar-refractivity contribution in [1.82, 2.24) is 0 Å². The lowest BCUT2D eigenvalue weighted by molar-refractivity contribution is 0.436. The fourth-order valence-electron chi connectivity index (χ4n) is 11.7. The molecule has 0 bridgehead atoms. The van der Waals surface area contributed by atoms with Crippen molar-refractivity contribution < 1.29 is 4.74 Å². The molecule has 9 aromatic carbocycles. The van der Waals surface area contributed by atoms with Gasteiger partial charge in [-0.3, -0.25) is 4.99 Å². The Hall–Kier alpha value is -8.01. The minimum Gasteiger partial charge on any atom is -0.457 e. The van der Waals surface area contributed by atoms with Crippen LogP contribution in [-0.2, 0) is 10.8 Å². The van der Waals surface area contributed by atoms with Gasteiger partial charge in [0.1, 0.15) is 11.5 Å². The minimum atomic E-state index is -0.565. The van der Waals surface area contributed by atoms with Crippen LogP contribution < -0.4 is 9.64 Å². The third kappa shape index (κ3) is 5.07. The summed E-state index contributed by atoms with van der Waals surface area (Å²) in [6, 6.07) is 80.6. The number of allylic oxidation sites excluding steroid dienone is 1. The van der Waals surface area contributed by atoms with Crippen LogP contribution in [0.2, 0.25) is 0 Å². The number of aliphatic imine (C=N–C) groups is 1. The van der Waals surface area contributed by atoms with E-state index in [4.69, 9.17) is 4.74 Å². The second-order valence-corrected chi connectivity index (χ2v) is 17.3. The molecule has 2 unspecified atom stereocenters. The van der Waals surface area contributed by atoms with Crippen LogP contribution >= 0.6 is 0 Å². The number of para-hydroxylation sites is 3. The second kappa shape index (κ2) is 14.3. The fraction of sp³-hybridized carbons (Fsp3) is 0.0656. The zero-order chi connectivity index (χ0) is 42.2. The van der Waals surface area contributed by atoms with E-state index < -0.39 is 10.8 Å². The van der Waals surface area contributed by atoms with Gasteiger partial charge in [-0.1, -0.05) is 182 Å². The van der Waals surface area contributed by atoms with Crippen LogP contribution in [0.1, 0.15) is 62.4 Å². The average Bonchev–Trinajstić information content (AvgIpc) is 3.84. The summed E-state index contributed by atoms with van der Waals surface area (Å²) in [6.45, 7) is 0. The molecule has 3 nitrogen and oxygen atoms in total. The number of hydrogen-bond acceptors (Lipinski definition) is 3. The van der Waals surface area contributed by atoms with Crippen LogP contribution in [-0.4, -0.2) is 6.21 Å². The van der Waals surface area contributed by atoms with Crippen molar-refractivity contribution >= 4 is 23.3 Å². The van der Waals surface area contributed by atoms with Crippen molar-refractivity contribution in [2.45, 2.75) is 23.2 Å². The first-order valence-electron chi connectivity index (χ1n) is 22.3. The van der Waals surface area contributed by atoms with Crippen LogP contribution in [0.15, 0.2) is 236 Å². The first-order valence-corrected chi connectivity index (χ1v) is 22.3. The monoisotopic (exact) mass is 818 g/mol. The van der Waals surface area contributed by atoms with Gasteiger partial charge in [-0.15, -0.1) is 0 Å². The van der Waals surface area contributed by atoms with Crippen LogP contribution in [0.4, 0.5) is 17.1 Å². The number of benzene rings is 9. The Morgan fingerprint density at radius 3 is 1.70 bits per heavy atom. The molecule has 64 heavy (non-hydrogen) atoms. The lowest BCUT2D eigenvalue weighted by atomic mass is 9.66. The van der Waals surface area contributed by atoms with Gasteiger partial charge in [0.15, 0.2) is 0 Å². The molecular formula is C61H42N2O. The fourth-order valence-corrected chi connectivity index (χ4v) is 11.7. The molecule has 2 aliphatic carbocycles. The molecular weight excluding hydrogens is 777 g/mol. The van der Waals surface area contributed by atoms with Gasteiger partial charge in [-0.05, 0) is 105 Å². The van der Waals surface area contributed by atoms with Gasteiger partial charge in [0.2, 0.25) is 0 Å². The average molecular weight is 819 g/mol. The van der Waals surface area contributed by atoms with Crippen LogP contribution in [0.3, 0.4) is 0 Å². The highest BCUT2D eigenvalue weighted by Crippen LogP contribution is 2.64. The van der Waals surface area contributed by atoms with E-state index in [-0.39, 0.29) is 5.92 Å². The molecule has 0 radical (unpaired) electrons. The Balaban J connectivity index is 1.03. The van der Waals surface area contributed by atoms with Gasteiger partial charge in [-0.25, -0.2) is 0 Å². The topological polar surface area (TPSA) is 24.8 Å². The summed E-state index contributed by atoms with van der Waals surface area (Å²) in [5.74, 6) is 2.06. The summed E-state index contributed by atoms with van der Waals surface area (Å²) >= 11 is 0. The van der Waals surface area contributed by atoms with Gasteiger partial charge in [0.05, 0.1) is 16.5 Å². The third-order valence-electron chi connectivity index (χ3n) is 14.2. The Bertz CT molecular complexity index is 3300. The van der Waals surface area contributed by atoms with Crippen LogP contribution in [0.25, 0.3) is 22.3 Å². The van der Waals surface area contributed by atoms with E-state index >= 15 is 0 Å². The van der Waals surface area contributed by atoms with E-state index in [1.165, 1.54) is 61.2 Å². The molecule has 9 aromatic rings. The first-order chi connectivity index (χ1) is 31.8. The van der Waals surface area contributed by atoms with E-state index in [2.05, 4.69) is 234 Å². The normalized spacial score (nSPS) is 17.7. The Morgan fingerprint density at radius 1 is 0.438 bits per heavy atom. The zero-order valence-corrected chi connectivity index (χ0v) is 35.1. The molecule has 2 aliphatic heterocycles. The number of rotatable bonds is 6. The van der Waals surface area contributed by atoms with Crippen molar-refractivity contribution in [1.29, 1.82) is 0 Å². The van der Waals surface area contributed by atoms with Crippen molar-refractivity contribution in [2.75, 3.05) is 4.90 Å². The molecule has 302 valence electrons. The summed E-state index contributed by atoms with van der Waals surface area (Å²) in [4.78, 5) is 6.86. The SMILES string of the molecule is C1=CC(c2ccc3c(c2)C(c2ccccc2)(c2ccc(N(c4ccccc4)c4cccc5c4-c4ccccc4C54c5ccccc5Oc5ccccc54)cc2)c2ccccc2-3)CC=N1. The summed E-state index contributed by atoms with van der Waals surface area (Å²) in [5, 5.41) is 0. The van der Waals surface area contributed by atoms with Gasteiger partial charge in [0.25, 0.3) is 0 Å². The molecule has 2 heterocycles. The summed E-state index contributed by atoms with van der Waals surface area (Å²) in [6.07, 6.45) is 7.11. The van der Waals surface area contributed by atoms with Crippen molar-refractivity contribution in [2.24, 2.45) is 4.99 Å². The molecule has 0 fully saturated rings. The standard InChI is InChI=1S/C61H42N2O/c1-3-16-43(17-4-1)60(50-22-9-7-20-47(50)48-35-30-42(40-55(48)60)41-36-38-62-39-37-41)44-31-33-46(34-32-44)63(45-18-5-2-6-19-45)56-27-15-26-54-59(56)49-21-8-10-23-51(49)61(54)52-24-11-13-28-57(52)64-58-29-14-12-25-53(58)61/h1-36,38-41H,37H2.